The molecule has 0 bridgehead atoms. The molecular weight excluding hydrogens is 721 g/mol. The van der Waals surface area contributed by atoms with Crippen molar-refractivity contribution in [3.05, 3.63) is 170 Å². The van der Waals surface area contributed by atoms with Crippen LogP contribution in [0.1, 0.15) is 0 Å². The first-order valence-electron chi connectivity index (χ1n) is 18.8. The summed E-state index contributed by atoms with van der Waals surface area (Å²) in [5.74, 6) is 2.28. The van der Waals surface area contributed by atoms with Crippen molar-refractivity contribution in [2.45, 2.75) is 0 Å². The van der Waals surface area contributed by atoms with Crippen molar-refractivity contribution in [2.75, 3.05) is 0 Å². The lowest BCUT2D eigenvalue weighted by Gasteiger charge is -2.15. The number of rotatable bonds is 5. The molecule has 0 amide bonds. The molecule has 0 atom stereocenters. The van der Waals surface area contributed by atoms with E-state index in [4.69, 9.17) is 28.8 Å². The third-order valence-electron chi connectivity index (χ3n) is 10.8. The second-order valence-electron chi connectivity index (χ2n) is 14.2. The van der Waals surface area contributed by atoms with Crippen LogP contribution < -0.4 is 0 Å². The number of hydrogen-bond acceptors (Lipinski definition) is 7. The topological polar surface area (TPSA) is 77.8 Å². The minimum absolute atomic E-state index is 0.520. The molecule has 266 valence electrons. The fraction of sp³-hybridized carbons (Fsp3) is 0. The fourth-order valence-electron chi connectivity index (χ4n) is 8.13. The number of para-hydroxylation sites is 1. The lowest BCUT2D eigenvalue weighted by molar-refractivity contribution is 0.622. The molecule has 8 aromatic carbocycles. The first-order chi connectivity index (χ1) is 28.2. The van der Waals surface area contributed by atoms with Gasteiger partial charge in [-0.25, -0.2) is 19.9 Å². The van der Waals surface area contributed by atoms with Crippen molar-refractivity contribution in [1.29, 1.82) is 0 Å². The minimum Gasteiger partial charge on any atom is -0.456 e. The van der Waals surface area contributed by atoms with Crippen LogP contribution >= 0.6 is 11.3 Å². The molecule has 0 saturated carbocycles. The molecule has 0 saturated heterocycles. The van der Waals surface area contributed by atoms with E-state index in [9.17, 15) is 0 Å². The summed E-state index contributed by atoms with van der Waals surface area (Å²) in [6.45, 7) is 0. The van der Waals surface area contributed by atoms with Crippen molar-refractivity contribution in [2.24, 2.45) is 0 Å². The maximum Gasteiger partial charge on any atom is 0.227 e. The van der Waals surface area contributed by atoms with Gasteiger partial charge in [0, 0.05) is 54.1 Å². The number of furan rings is 1. The second-order valence-corrected chi connectivity index (χ2v) is 15.2. The Labute approximate surface area is 329 Å². The Balaban J connectivity index is 1.12. The molecule has 4 aromatic heterocycles. The molecule has 0 aliphatic carbocycles. The van der Waals surface area contributed by atoms with Gasteiger partial charge in [0.15, 0.2) is 23.1 Å². The molecule has 0 N–H and O–H groups in total. The monoisotopic (exact) mass is 748 g/mol. The third-order valence-corrected chi connectivity index (χ3v) is 12.0. The molecule has 0 aliphatic heterocycles. The lowest BCUT2D eigenvalue weighted by Crippen LogP contribution is -2.01. The molecule has 0 unspecified atom stereocenters. The number of fused-ring (bicyclic) bond motifs is 9. The third kappa shape index (κ3) is 5.10. The SMILES string of the molecule is c1ccc(-c2nc(-c3ccc4ccccc4c3-c3ccccc3)nc(-c3cc4nc(-c5ccc6c(c5)oc5ccccc56)oc4c4c3sc3ccccc34)n2)cc1. The Hall–Kier alpha value is -7.48. The van der Waals surface area contributed by atoms with Crippen LogP contribution in [-0.4, -0.2) is 19.9 Å². The molecule has 57 heavy (non-hydrogen) atoms. The Morgan fingerprint density at radius 2 is 1.09 bits per heavy atom. The highest BCUT2D eigenvalue weighted by Gasteiger charge is 2.24. The summed E-state index contributed by atoms with van der Waals surface area (Å²) in [4.78, 5) is 20.9. The van der Waals surface area contributed by atoms with E-state index in [0.29, 0.717) is 23.4 Å². The smallest absolute Gasteiger partial charge is 0.227 e. The summed E-state index contributed by atoms with van der Waals surface area (Å²) < 4.78 is 15.2. The van der Waals surface area contributed by atoms with Crippen LogP contribution in [0.2, 0.25) is 0 Å². The van der Waals surface area contributed by atoms with Gasteiger partial charge in [-0.15, -0.1) is 11.3 Å². The van der Waals surface area contributed by atoms with Gasteiger partial charge in [0.2, 0.25) is 5.89 Å². The van der Waals surface area contributed by atoms with E-state index in [1.165, 1.54) is 0 Å². The van der Waals surface area contributed by atoms with Crippen LogP contribution in [0.25, 0.3) is 121 Å². The second kappa shape index (κ2) is 12.5. The Bertz CT molecular complexity index is 3530. The van der Waals surface area contributed by atoms with Crippen LogP contribution in [-0.2, 0) is 0 Å². The van der Waals surface area contributed by atoms with Gasteiger partial charge in [-0.05, 0) is 58.8 Å². The van der Waals surface area contributed by atoms with E-state index < -0.39 is 0 Å². The zero-order valence-corrected chi connectivity index (χ0v) is 31.0. The van der Waals surface area contributed by atoms with E-state index in [1.54, 1.807) is 11.3 Å². The van der Waals surface area contributed by atoms with Gasteiger partial charge >= 0.3 is 0 Å². The molecule has 0 radical (unpaired) electrons. The first kappa shape index (κ1) is 31.8. The molecular formula is C50H28N4O2S. The van der Waals surface area contributed by atoms with Crippen molar-refractivity contribution in [3.63, 3.8) is 0 Å². The zero-order valence-electron chi connectivity index (χ0n) is 30.2. The van der Waals surface area contributed by atoms with Gasteiger partial charge in [0.1, 0.15) is 16.7 Å². The molecule has 6 nitrogen and oxygen atoms in total. The Morgan fingerprint density at radius 3 is 1.93 bits per heavy atom. The van der Waals surface area contributed by atoms with E-state index >= 15 is 0 Å². The molecule has 0 spiro atoms. The van der Waals surface area contributed by atoms with Crippen LogP contribution in [0.3, 0.4) is 0 Å². The average Bonchev–Trinajstić information content (AvgIpc) is 3.99. The summed E-state index contributed by atoms with van der Waals surface area (Å²) in [6.07, 6.45) is 0. The van der Waals surface area contributed by atoms with Crippen LogP contribution in [0.4, 0.5) is 0 Å². The van der Waals surface area contributed by atoms with Crippen molar-refractivity contribution < 1.29 is 8.83 Å². The minimum atomic E-state index is 0.520. The largest absolute Gasteiger partial charge is 0.456 e. The van der Waals surface area contributed by atoms with E-state index in [0.717, 1.165) is 97.4 Å². The Morgan fingerprint density at radius 1 is 0.421 bits per heavy atom. The van der Waals surface area contributed by atoms with Crippen molar-refractivity contribution in [1.82, 2.24) is 19.9 Å². The molecule has 0 aliphatic rings. The van der Waals surface area contributed by atoms with Gasteiger partial charge in [-0.3, -0.25) is 0 Å². The molecule has 12 rings (SSSR count). The van der Waals surface area contributed by atoms with Gasteiger partial charge in [0.25, 0.3) is 0 Å². The van der Waals surface area contributed by atoms with Gasteiger partial charge < -0.3 is 8.83 Å². The van der Waals surface area contributed by atoms with Gasteiger partial charge in [-0.1, -0.05) is 127 Å². The van der Waals surface area contributed by atoms with Crippen LogP contribution in [0.5, 0.6) is 0 Å². The highest BCUT2D eigenvalue weighted by molar-refractivity contribution is 7.26. The zero-order chi connectivity index (χ0) is 37.5. The summed E-state index contributed by atoms with van der Waals surface area (Å²) in [7, 11) is 0. The number of thiophene rings is 1. The average molecular weight is 749 g/mol. The number of hydrogen-bond donors (Lipinski definition) is 0. The predicted molar refractivity (Wildman–Crippen MR) is 232 cm³/mol. The molecule has 12 aromatic rings. The predicted octanol–water partition coefficient (Wildman–Crippen LogP) is 13.8. The highest BCUT2D eigenvalue weighted by Crippen LogP contribution is 2.46. The maximum atomic E-state index is 6.74. The first-order valence-corrected chi connectivity index (χ1v) is 19.6. The number of benzene rings is 8. The number of aromatic nitrogens is 4. The number of oxazole rings is 1. The van der Waals surface area contributed by atoms with E-state index in [1.807, 2.05) is 60.7 Å². The van der Waals surface area contributed by atoms with Crippen LogP contribution in [0.15, 0.2) is 179 Å². The van der Waals surface area contributed by atoms with Crippen LogP contribution in [0, 0.1) is 0 Å². The molecule has 7 heteroatoms. The van der Waals surface area contributed by atoms with E-state index in [-0.39, 0.29) is 0 Å². The standard InChI is InChI=1S/C50H28N4O2S/c1-3-14-30(15-4-1)43-33-18-8-7-13-29(33)23-26-37(43)48-52-47(31-16-5-2-6-17-31)53-49(54-48)38-28-39-45(44-36-20-10-12-22-42(36)57-46(38)44)56-50(51-39)32-24-25-35-34-19-9-11-21-40(34)55-41(35)27-32/h1-28H. The van der Waals surface area contributed by atoms with Gasteiger partial charge in [-0.2, -0.15) is 0 Å². The lowest BCUT2D eigenvalue weighted by atomic mass is 9.93. The molecule has 4 heterocycles. The quantitative estimate of drug-likeness (QED) is 0.174. The summed E-state index contributed by atoms with van der Waals surface area (Å²) in [6, 6.07) is 58.1. The highest BCUT2D eigenvalue weighted by atomic mass is 32.1. The van der Waals surface area contributed by atoms with Crippen molar-refractivity contribution >= 4 is 75.3 Å². The Kier molecular flexibility index (Phi) is 7.00. The van der Waals surface area contributed by atoms with Gasteiger partial charge in [0.05, 0.1) is 4.70 Å². The number of nitrogens with zero attached hydrogens (tertiary/aromatic N) is 4. The normalized spacial score (nSPS) is 11.9. The maximum absolute atomic E-state index is 6.74. The van der Waals surface area contributed by atoms with Crippen molar-refractivity contribution in [3.8, 4) is 56.7 Å². The summed E-state index contributed by atoms with van der Waals surface area (Å²) in [5, 5.41) is 6.51. The fourth-order valence-corrected chi connectivity index (χ4v) is 9.34. The summed E-state index contributed by atoms with van der Waals surface area (Å²) in [5.41, 5.74) is 8.80. The summed E-state index contributed by atoms with van der Waals surface area (Å²) >= 11 is 1.71. The molecule has 0 fully saturated rings. The van der Waals surface area contributed by atoms with E-state index in [2.05, 4.69) is 109 Å².